The van der Waals surface area contributed by atoms with Crippen LogP contribution in [-0.4, -0.2) is 54.9 Å². The number of carbonyl (C=O) groups is 2. The monoisotopic (exact) mass is 332 g/mol. The zero-order chi connectivity index (χ0) is 17.4. The minimum atomic E-state index is 0.0231. The zero-order valence-electron chi connectivity index (χ0n) is 14.8. The van der Waals surface area contributed by atoms with Crippen LogP contribution in [0.4, 0.5) is 0 Å². The zero-order valence-corrected chi connectivity index (χ0v) is 14.8. The minimum Gasteiger partial charge on any atom is -0.497 e. The Hall–Kier alpha value is -2.04. The lowest BCUT2D eigenvalue weighted by molar-refractivity contribution is -0.134. The van der Waals surface area contributed by atoms with Crippen molar-refractivity contribution >= 4 is 11.8 Å². The van der Waals surface area contributed by atoms with E-state index in [0.717, 1.165) is 43.7 Å². The third-order valence-electron chi connectivity index (χ3n) is 4.58. The maximum absolute atomic E-state index is 12.2. The first kappa shape index (κ1) is 18.3. The van der Waals surface area contributed by atoms with Gasteiger partial charge >= 0.3 is 0 Å². The van der Waals surface area contributed by atoms with Gasteiger partial charge in [0.05, 0.1) is 7.11 Å². The van der Waals surface area contributed by atoms with Crippen LogP contribution in [0.2, 0.25) is 0 Å². The fourth-order valence-electron chi connectivity index (χ4n) is 3.01. The fraction of sp³-hybridized carbons (Fsp3) is 0.579. The molecule has 0 bridgehead atoms. The molecule has 1 heterocycles. The molecule has 0 N–H and O–H groups in total. The first-order chi connectivity index (χ1) is 11.6. The summed E-state index contributed by atoms with van der Waals surface area (Å²) in [6, 6.07) is 7.87. The largest absolute Gasteiger partial charge is 0.497 e. The molecule has 2 amide bonds. The average Bonchev–Trinajstić information content (AvgIpc) is 2.62. The van der Waals surface area contributed by atoms with E-state index in [4.69, 9.17) is 4.74 Å². The maximum Gasteiger partial charge on any atom is 0.224 e. The van der Waals surface area contributed by atoms with Gasteiger partial charge in [-0.05, 0) is 43.4 Å². The lowest BCUT2D eigenvalue weighted by Gasteiger charge is -2.28. The maximum atomic E-state index is 12.2. The lowest BCUT2D eigenvalue weighted by Crippen LogP contribution is -2.39. The molecule has 5 heteroatoms. The van der Waals surface area contributed by atoms with Gasteiger partial charge in [-0.25, -0.2) is 0 Å². The van der Waals surface area contributed by atoms with Crippen molar-refractivity contribution in [3.8, 4) is 5.75 Å². The molecule has 0 saturated carbocycles. The molecule has 1 aromatic rings. The van der Waals surface area contributed by atoms with Crippen LogP contribution >= 0.6 is 0 Å². The van der Waals surface area contributed by atoms with Crippen molar-refractivity contribution in [1.82, 2.24) is 9.80 Å². The number of hydrogen-bond acceptors (Lipinski definition) is 3. The summed E-state index contributed by atoms with van der Waals surface area (Å²) in [6.07, 6.45) is 4.61. The van der Waals surface area contributed by atoms with E-state index in [9.17, 15) is 9.59 Å². The molecule has 0 spiro atoms. The van der Waals surface area contributed by atoms with Crippen molar-refractivity contribution in [3.63, 3.8) is 0 Å². The first-order valence-corrected chi connectivity index (χ1v) is 8.76. The van der Waals surface area contributed by atoms with Crippen molar-refractivity contribution in [1.29, 1.82) is 0 Å². The summed E-state index contributed by atoms with van der Waals surface area (Å²) in [4.78, 5) is 27.8. The molecule has 0 aliphatic carbocycles. The van der Waals surface area contributed by atoms with Crippen molar-refractivity contribution < 1.29 is 14.3 Å². The van der Waals surface area contributed by atoms with E-state index in [-0.39, 0.29) is 11.8 Å². The molecule has 0 aromatic heterocycles. The number of nitrogens with zero attached hydrogens (tertiary/aromatic N) is 2. The Morgan fingerprint density at radius 2 is 1.75 bits per heavy atom. The molecule has 1 saturated heterocycles. The van der Waals surface area contributed by atoms with Crippen LogP contribution in [0, 0.1) is 0 Å². The smallest absolute Gasteiger partial charge is 0.224 e. The van der Waals surface area contributed by atoms with E-state index in [0.29, 0.717) is 19.5 Å². The van der Waals surface area contributed by atoms with E-state index in [1.165, 1.54) is 6.42 Å². The molecule has 0 radical (unpaired) electrons. The molecule has 0 atom stereocenters. The number of piperidine rings is 1. The standard InChI is InChI=1S/C19H28N2O3/c1-16(22)20(14-10-17-6-8-18(24-2)9-7-17)15-11-19(23)21-12-4-3-5-13-21/h6-9H,3-5,10-15H2,1-2H3. The van der Waals surface area contributed by atoms with Gasteiger partial charge in [-0.1, -0.05) is 12.1 Å². The molecule has 1 aliphatic rings. The van der Waals surface area contributed by atoms with Gasteiger partial charge < -0.3 is 14.5 Å². The molecule has 1 aliphatic heterocycles. The number of rotatable bonds is 7. The number of hydrogen-bond donors (Lipinski definition) is 0. The minimum absolute atomic E-state index is 0.0231. The normalized spacial score (nSPS) is 14.3. The molecule has 2 rings (SSSR count). The van der Waals surface area contributed by atoms with Gasteiger partial charge in [0, 0.05) is 39.5 Å². The highest BCUT2D eigenvalue weighted by Gasteiger charge is 2.18. The second kappa shape index (κ2) is 9.30. The Morgan fingerprint density at radius 1 is 1.08 bits per heavy atom. The number of benzene rings is 1. The summed E-state index contributed by atoms with van der Waals surface area (Å²) in [5.41, 5.74) is 1.16. The van der Waals surface area contributed by atoms with Crippen LogP contribution in [-0.2, 0) is 16.0 Å². The molecule has 5 nitrogen and oxygen atoms in total. The predicted molar refractivity (Wildman–Crippen MR) is 94.0 cm³/mol. The van der Waals surface area contributed by atoms with E-state index in [1.54, 1.807) is 18.9 Å². The van der Waals surface area contributed by atoms with E-state index in [1.807, 2.05) is 29.2 Å². The Balaban J connectivity index is 1.80. The fourth-order valence-corrected chi connectivity index (χ4v) is 3.01. The number of carbonyl (C=O) groups excluding carboxylic acids is 2. The predicted octanol–water partition coefficient (Wildman–Crippen LogP) is 2.49. The van der Waals surface area contributed by atoms with E-state index >= 15 is 0 Å². The summed E-state index contributed by atoms with van der Waals surface area (Å²) >= 11 is 0. The van der Waals surface area contributed by atoms with Gasteiger partial charge in [-0.3, -0.25) is 9.59 Å². The quantitative estimate of drug-likeness (QED) is 0.771. The summed E-state index contributed by atoms with van der Waals surface area (Å²) in [6.45, 7) is 4.44. The van der Waals surface area contributed by atoms with Crippen LogP contribution in [0.15, 0.2) is 24.3 Å². The van der Waals surface area contributed by atoms with Gasteiger partial charge in [-0.2, -0.15) is 0 Å². The number of methoxy groups -OCH3 is 1. The topological polar surface area (TPSA) is 49.9 Å². The van der Waals surface area contributed by atoms with E-state index < -0.39 is 0 Å². The Labute approximate surface area is 144 Å². The molecule has 1 fully saturated rings. The third kappa shape index (κ3) is 5.55. The van der Waals surface area contributed by atoms with Crippen molar-refractivity contribution in [2.75, 3.05) is 33.3 Å². The Morgan fingerprint density at radius 3 is 2.33 bits per heavy atom. The summed E-state index contributed by atoms with van der Waals surface area (Å²) in [5.74, 6) is 1.02. The SMILES string of the molecule is COc1ccc(CCN(CCC(=O)N2CCCCC2)C(C)=O)cc1. The highest BCUT2D eigenvalue weighted by atomic mass is 16.5. The van der Waals surface area contributed by atoms with Gasteiger partial charge in [-0.15, -0.1) is 0 Å². The molecule has 0 unspecified atom stereocenters. The average molecular weight is 332 g/mol. The van der Waals surface area contributed by atoms with Crippen LogP contribution in [0.1, 0.15) is 38.2 Å². The lowest BCUT2D eigenvalue weighted by atomic mass is 10.1. The van der Waals surface area contributed by atoms with Crippen LogP contribution in [0.5, 0.6) is 5.75 Å². The molecule has 1 aromatic carbocycles. The highest BCUT2D eigenvalue weighted by Crippen LogP contribution is 2.13. The molecule has 24 heavy (non-hydrogen) atoms. The Kier molecular flexibility index (Phi) is 7.09. The second-order valence-electron chi connectivity index (χ2n) is 6.30. The number of ether oxygens (including phenoxy) is 1. The summed E-state index contributed by atoms with van der Waals surface area (Å²) in [7, 11) is 1.64. The van der Waals surface area contributed by atoms with Crippen LogP contribution in [0.25, 0.3) is 0 Å². The van der Waals surface area contributed by atoms with Gasteiger partial charge in [0.15, 0.2) is 0 Å². The van der Waals surface area contributed by atoms with Crippen molar-refractivity contribution in [2.45, 2.75) is 39.0 Å². The second-order valence-corrected chi connectivity index (χ2v) is 6.30. The number of amides is 2. The summed E-state index contributed by atoms with van der Waals surface area (Å²) in [5, 5.41) is 0. The Bertz CT molecular complexity index is 536. The summed E-state index contributed by atoms with van der Waals surface area (Å²) < 4.78 is 5.15. The van der Waals surface area contributed by atoms with Gasteiger partial charge in [0.25, 0.3) is 0 Å². The van der Waals surface area contributed by atoms with E-state index in [2.05, 4.69) is 0 Å². The van der Waals surface area contributed by atoms with Gasteiger partial charge in [0.1, 0.15) is 5.75 Å². The molecular weight excluding hydrogens is 304 g/mol. The van der Waals surface area contributed by atoms with Crippen molar-refractivity contribution in [3.05, 3.63) is 29.8 Å². The van der Waals surface area contributed by atoms with Gasteiger partial charge in [0.2, 0.25) is 11.8 Å². The van der Waals surface area contributed by atoms with Crippen molar-refractivity contribution in [2.24, 2.45) is 0 Å². The third-order valence-corrected chi connectivity index (χ3v) is 4.58. The number of likely N-dealkylation sites (tertiary alicyclic amines) is 1. The highest BCUT2D eigenvalue weighted by molar-refractivity contribution is 5.78. The molecule has 132 valence electrons. The molecular formula is C19H28N2O3. The first-order valence-electron chi connectivity index (χ1n) is 8.76. The van der Waals surface area contributed by atoms with Crippen LogP contribution in [0.3, 0.4) is 0 Å². The van der Waals surface area contributed by atoms with Crippen LogP contribution < -0.4 is 4.74 Å².